The fraction of sp³-hybridized carbons (Fsp3) is 0.125. The van der Waals surface area contributed by atoms with Crippen molar-refractivity contribution in [3.05, 3.63) is 38.3 Å². The van der Waals surface area contributed by atoms with E-state index in [0.717, 1.165) is 0 Å². The van der Waals surface area contributed by atoms with Gasteiger partial charge in [0.25, 0.3) is 5.69 Å². The fourth-order valence-corrected chi connectivity index (χ4v) is 1.33. The Kier molecular flexibility index (Phi) is 3.17. The number of nitrogens with two attached hydrogens (primary N) is 1. The van der Waals surface area contributed by atoms with E-state index in [0.29, 0.717) is 10.0 Å². The van der Waals surface area contributed by atoms with Crippen LogP contribution >= 0.6 is 15.9 Å². The third kappa shape index (κ3) is 2.07. The molecule has 14 heavy (non-hydrogen) atoms. The number of nitro groups is 1. The molecular formula is C8H6BrN3O2. The molecule has 0 aliphatic heterocycles. The molecule has 1 aromatic rings. The van der Waals surface area contributed by atoms with Crippen LogP contribution in [0.5, 0.6) is 0 Å². The van der Waals surface area contributed by atoms with Gasteiger partial charge >= 0.3 is 0 Å². The van der Waals surface area contributed by atoms with E-state index < -0.39 is 11.0 Å². The van der Waals surface area contributed by atoms with E-state index in [1.807, 2.05) is 0 Å². The Morgan fingerprint density at radius 2 is 2.29 bits per heavy atom. The third-order valence-electron chi connectivity index (χ3n) is 1.67. The van der Waals surface area contributed by atoms with Crippen molar-refractivity contribution in [1.29, 1.82) is 5.26 Å². The molecule has 0 fully saturated rings. The molecule has 1 unspecified atom stereocenters. The second-order valence-electron chi connectivity index (χ2n) is 2.57. The van der Waals surface area contributed by atoms with Crippen molar-refractivity contribution in [2.24, 2.45) is 5.73 Å². The Bertz CT molecular complexity index is 414. The first-order valence-electron chi connectivity index (χ1n) is 3.65. The normalized spacial score (nSPS) is 11.8. The van der Waals surface area contributed by atoms with Gasteiger partial charge in [-0.05, 0) is 27.6 Å². The molecule has 1 rings (SSSR count). The minimum Gasteiger partial charge on any atom is -0.312 e. The number of hydrogen-bond acceptors (Lipinski definition) is 4. The van der Waals surface area contributed by atoms with Gasteiger partial charge in [0.1, 0.15) is 6.04 Å². The van der Waals surface area contributed by atoms with Crippen molar-refractivity contribution in [1.82, 2.24) is 0 Å². The summed E-state index contributed by atoms with van der Waals surface area (Å²) in [7, 11) is 0. The van der Waals surface area contributed by atoms with Crippen LogP contribution in [0.4, 0.5) is 5.69 Å². The molecule has 0 aromatic heterocycles. The largest absolute Gasteiger partial charge is 0.312 e. The first-order chi connectivity index (χ1) is 6.56. The molecule has 2 N–H and O–H groups in total. The van der Waals surface area contributed by atoms with Gasteiger partial charge < -0.3 is 5.73 Å². The van der Waals surface area contributed by atoms with Crippen LogP contribution in [0.1, 0.15) is 11.6 Å². The van der Waals surface area contributed by atoms with Gasteiger partial charge in [0.05, 0.1) is 15.5 Å². The molecule has 0 aliphatic carbocycles. The monoisotopic (exact) mass is 255 g/mol. The Labute approximate surface area is 88.4 Å². The third-order valence-corrected chi connectivity index (χ3v) is 2.34. The maximum absolute atomic E-state index is 10.5. The molecule has 0 spiro atoms. The van der Waals surface area contributed by atoms with E-state index in [4.69, 9.17) is 11.0 Å². The number of nitrogens with zero attached hydrogens (tertiary/aromatic N) is 2. The van der Waals surface area contributed by atoms with E-state index >= 15 is 0 Å². The number of benzene rings is 1. The zero-order valence-electron chi connectivity index (χ0n) is 6.98. The summed E-state index contributed by atoms with van der Waals surface area (Å²) in [4.78, 5) is 10.0. The highest BCUT2D eigenvalue weighted by molar-refractivity contribution is 9.10. The zero-order valence-corrected chi connectivity index (χ0v) is 8.56. The van der Waals surface area contributed by atoms with Crippen LogP contribution in [0.2, 0.25) is 0 Å². The maximum atomic E-state index is 10.5. The number of nitriles is 1. The first kappa shape index (κ1) is 10.6. The minimum atomic E-state index is -0.832. The maximum Gasteiger partial charge on any atom is 0.283 e. The average molecular weight is 256 g/mol. The predicted molar refractivity (Wildman–Crippen MR) is 53.3 cm³/mol. The molecule has 5 nitrogen and oxygen atoms in total. The summed E-state index contributed by atoms with van der Waals surface area (Å²) in [5.41, 5.74) is 5.76. The predicted octanol–water partition coefficient (Wildman–Crippen LogP) is 1.88. The fourth-order valence-electron chi connectivity index (χ4n) is 0.938. The lowest BCUT2D eigenvalue weighted by atomic mass is 10.1. The molecule has 72 valence electrons. The topological polar surface area (TPSA) is 93.0 Å². The molecule has 0 radical (unpaired) electrons. The standard InChI is InChI=1S/C8H6BrN3O2/c9-6-2-1-5(7(11)4-10)3-8(6)12(13)14/h1-3,7H,11H2. The van der Waals surface area contributed by atoms with E-state index in [1.54, 1.807) is 12.1 Å². The SMILES string of the molecule is N#CC(N)c1ccc(Br)c([N+](=O)[O-])c1. The summed E-state index contributed by atoms with van der Waals surface area (Å²) in [6, 6.07) is 5.34. The molecule has 0 bridgehead atoms. The van der Waals surface area contributed by atoms with Crippen molar-refractivity contribution < 1.29 is 4.92 Å². The van der Waals surface area contributed by atoms with Crippen LogP contribution in [0, 0.1) is 21.4 Å². The van der Waals surface area contributed by atoms with Crippen LogP contribution in [0.3, 0.4) is 0 Å². The molecule has 1 aromatic carbocycles. The lowest BCUT2D eigenvalue weighted by molar-refractivity contribution is -0.385. The Hall–Kier alpha value is -1.45. The van der Waals surface area contributed by atoms with Gasteiger partial charge in [-0.2, -0.15) is 5.26 Å². The van der Waals surface area contributed by atoms with Gasteiger partial charge in [-0.3, -0.25) is 10.1 Å². The molecule has 0 aliphatic rings. The lowest BCUT2D eigenvalue weighted by Gasteiger charge is -2.03. The van der Waals surface area contributed by atoms with Gasteiger partial charge in [-0.1, -0.05) is 6.07 Å². The average Bonchev–Trinajstić information content (AvgIpc) is 2.17. The van der Waals surface area contributed by atoms with E-state index in [2.05, 4.69) is 15.9 Å². The number of halogens is 1. The van der Waals surface area contributed by atoms with Crippen molar-refractivity contribution >= 4 is 21.6 Å². The second-order valence-corrected chi connectivity index (χ2v) is 3.43. The Morgan fingerprint density at radius 1 is 1.64 bits per heavy atom. The summed E-state index contributed by atoms with van der Waals surface area (Å²) >= 11 is 3.04. The van der Waals surface area contributed by atoms with Gasteiger partial charge in [0.2, 0.25) is 0 Å². The summed E-state index contributed by atoms with van der Waals surface area (Å²) in [5.74, 6) is 0. The van der Waals surface area contributed by atoms with Crippen molar-refractivity contribution in [2.75, 3.05) is 0 Å². The smallest absolute Gasteiger partial charge is 0.283 e. The van der Waals surface area contributed by atoms with E-state index in [1.165, 1.54) is 12.1 Å². The van der Waals surface area contributed by atoms with Crippen molar-refractivity contribution in [2.45, 2.75) is 6.04 Å². The van der Waals surface area contributed by atoms with Gasteiger partial charge in [0, 0.05) is 6.07 Å². The number of hydrogen-bond donors (Lipinski definition) is 1. The van der Waals surface area contributed by atoms with Crippen molar-refractivity contribution in [3.8, 4) is 6.07 Å². The van der Waals surface area contributed by atoms with Crippen LogP contribution in [0.15, 0.2) is 22.7 Å². The molecule has 0 saturated heterocycles. The van der Waals surface area contributed by atoms with Gasteiger partial charge in [-0.25, -0.2) is 0 Å². The van der Waals surface area contributed by atoms with Crippen LogP contribution in [-0.2, 0) is 0 Å². The highest BCUT2D eigenvalue weighted by Crippen LogP contribution is 2.27. The minimum absolute atomic E-state index is 0.0896. The molecule has 0 heterocycles. The van der Waals surface area contributed by atoms with Gasteiger partial charge in [0.15, 0.2) is 0 Å². The second kappa shape index (κ2) is 4.17. The van der Waals surface area contributed by atoms with Crippen LogP contribution in [0.25, 0.3) is 0 Å². The summed E-state index contributed by atoms with van der Waals surface area (Å²) in [6.07, 6.45) is 0. The van der Waals surface area contributed by atoms with Crippen molar-refractivity contribution in [3.63, 3.8) is 0 Å². The summed E-state index contributed by atoms with van der Waals surface area (Å²) in [6.45, 7) is 0. The van der Waals surface area contributed by atoms with Crippen LogP contribution in [-0.4, -0.2) is 4.92 Å². The lowest BCUT2D eigenvalue weighted by Crippen LogP contribution is -2.07. The molecule has 1 atom stereocenters. The molecule has 0 amide bonds. The number of nitro benzene ring substituents is 1. The zero-order chi connectivity index (χ0) is 10.7. The Morgan fingerprint density at radius 3 is 2.79 bits per heavy atom. The van der Waals surface area contributed by atoms with Crippen LogP contribution < -0.4 is 5.73 Å². The molecule has 6 heteroatoms. The quantitative estimate of drug-likeness (QED) is 0.645. The Balaban J connectivity index is 3.21. The van der Waals surface area contributed by atoms with E-state index in [9.17, 15) is 10.1 Å². The molecular weight excluding hydrogens is 250 g/mol. The summed E-state index contributed by atoms with van der Waals surface area (Å²) < 4.78 is 0.372. The van der Waals surface area contributed by atoms with Gasteiger partial charge in [-0.15, -0.1) is 0 Å². The highest BCUT2D eigenvalue weighted by Gasteiger charge is 2.14. The first-order valence-corrected chi connectivity index (χ1v) is 4.44. The highest BCUT2D eigenvalue weighted by atomic mass is 79.9. The number of rotatable bonds is 2. The van der Waals surface area contributed by atoms with E-state index in [-0.39, 0.29) is 5.69 Å². The molecule has 0 saturated carbocycles. The summed E-state index contributed by atoms with van der Waals surface area (Å²) in [5, 5.41) is 19.1.